The highest BCUT2D eigenvalue weighted by atomic mass is 35.5. The molecule has 2 aromatic rings. The Morgan fingerprint density at radius 1 is 1.33 bits per heavy atom. The van der Waals surface area contributed by atoms with Crippen LogP contribution in [0.5, 0.6) is 0 Å². The van der Waals surface area contributed by atoms with Crippen LogP contribution in [-0.2, 0) is 0 Å². The molecular formula is C15H11Cl2N3O. The Bertz CT molecular complexity index is 832. The lowest BCUT2D eigenvalue weighted by molar-refractivity contribution is 0.786. The molecule has 0 unspecified atom stereocenters. The third kappa shape index (κ3) is 2.99. The van der Waals surface area contributed by atoms with E-state index in [2.05, 4.69) is 5.10 Å². The van der Waals surface area contributed by atoms with Gasteiger partial charge in [-0.05, 0) is 31.5 Å². The molecule has 0 aliphatic carbocycles. The van der Waals surface area contributed by atoms with Gasteiger partial charge in [-0.25, -0.2) is 4.68 Å². The standard InChI is InChI=1S/C15H11Cl2N3O/c1-9-6-10(2)20(15(21)12(9)7-18)19-8-11-4-3-5-13(16)14(11)17/h3-6,8H,1-2H3/b19-8+. The molecule has 6 heteroatoms. The van der Waals surface area contributed by atoms with Crippen molar-refractivity contribution in [1.29, 1.82) is 5.26 Å². The van der Waals surface area contributed by atoms with E-state index in [1.807, 2.05) is 6.07 Å². The van der Waals surface area contributed by atoms with E-state index in [0.29, 0.717) is 26.9 Å². The molecule has 0 fully saturated rings. The molecule has 4 nitrogen and oxygen atoms in total. The highest BCUT2D eigenvalue weighted by molar-refractivity contribution is 6.43. The maximum atomic E-state index is 12.2. The molecule has 0 saturated carbocycles. The second kappa shape index (κ2) is 6.13. The van der Waals surface area contributed by atoms with Gasteiger partial charge in [0, 0.05) is 11.3 Å². The first-order chi connectivity index (χ1) is 9.95. The van der Waals surface area contributed by atoms with Gasteiger partial charge in [0.05, 0.1) is 16.3 Å². The zero-order valence-electron chi connectivity index (χ0n) is 11.4. The van der Waals surface area contributed by atoms with Crippen molar-refractivity contribution in [2.24, 2.45) is 5.10 Å². The summed E-state index contributed by atoms with van der Waals surface area (Å²) in [5.41, 5.74) is 1.48. The van der Waals surface area contributed by atoms with Gasteiger partial charge in [0.25, 0.3) is 5.56 Å². The predicted molar refractivity (Wildman–Crippen MR) is 84.3 cm³/mol. The molecule has 2 rings (SSSR count). The van der Waals surface area contributed by atoms with Crippen LogP contribution in [0.15, 0.2) is 34.2 Å². The predicted octanol–water partition coefficient (Wildman–Crippen LogP) is 3.53. The number of aryl methyl sites for hydroxylation is 2. The van der Waals surface area contributed by atoms with Crippen molar-refractivity contribution in [1.82, 2.24) is 4.68 Å². The molecule has 0 saturated heterocycles. The smallest absolute Gasteiger partial charge is 0.266 e. The molecule has 0 atom stereocenters. The van der Waals surface area contributed by atoms with Crippen molar-refractivity contribution in [2.45, 2.75) is 13.8 Å². The SMILES string of the molecule is Cc1cc(C)n(/N=C/c2cccc(Cl)c2Cl)c(=O)c1C#N. The first-order valence-electron chi connectivity index (χ1n) is 6.07. The van der Waals surface area contributed by atoms with Crippen LogP contribution in [0.4, 0.5) is 0 Å². The molecule has 106 valence electrons. The van der Waals surface area contributed by atoms with Gasteiger partial charge in [-0.15, -0.1) is 0 Å². The number of halogens is 2. The van der Waals surface area contributed by atoms with Crippen LogP contribution in [0, 0.1) is 25.2 Å². The number of nitrogens with zero attached hydrogens (tertiary/aromatic N) is 3. The highest BCUT2D eigenvalue weighted by Crippen LogP contribution is 2.24. The van der Waals surface area contributed by atoms with Gasteiger partial charge in [0.1, 0.15) is 11.6 Å². The minimum absolute atomic E-state index is 0.0786. The van der Waals surface area contributed by atoms with Crippen LogP contribution in [0.1, 0.15) is 22.4 Å². The van der Waals surface area contributed by atoms with Gasteiger partial charge in [0.15, 0.2) is 0 Å². The van der Waals surface area contributed by atoms with Crippen LogP contribution < -0.4 is 5.56 Å². The molecule has 0 amide bonds. The Kier molecular flexibility index (Phi) is 4.46. The fraction of sp³-hybridized carbons (Fsp3) is 0.133. The largest absolute Gasteiger partial charge is 0.289 e. The Morgan fingerprint density at radius 2 is 2.05 bits per heavy atom. The van der Waals surface area contributed by atoms with Gasteiger partial charge in [-0.1, -0.05) is 35.3 Å². The second-order valence-corrected chi connectivity index (χ2v) is 5.25. The quantitative estimate of drug-likeness (QED) is 0.795. The van der Waals surface area contributed by atoms with Crippen molar-refractivity contribution in [3.05, 3.63) is 67.0 Å². The second-order valence-electron chi connectivity index (χ2n) is 4.46. The summed E-state index contributed by atoms with van der Waals surface area (Å²) in [5.74, 6) is 0. The van der Waals surface area contributed by atoms with Crippen molar-refractivity contribution < 1.29 is 0 Å². The fourth-order valence-electron chi connectivity index (χ4n) is 1.90. The summed E-state index contributed by atoms with van der Waals surface area (Å²) in [6.45, 7) is 3.46. The average molecular weight is 320 g/mol. The molecular weight excluding hydrogens is 309 g/mol. The lowest BCUT2D eigenvalue weighted by Crippen LogP contribution is -2.22. The molecule has 1 aromatic heterocycles. The van der Waals surface area contributed by atoms with E-state index in [4.69, 9.17) is 28.5 Å². The minimum atomic E-state index is -0.454. The van der Waals surface area contributed by atoms with Crippen molar-refractivity contribution in [3.63, 3.8) is 0 Å². The number of nitriles is 1. The number of hydrogen-bond donors (Lipinski definition) is 0. The Hall–Kier alpha value is -2.09. The van der Waals surface area contributed by atoms with Gasteiger partial charge in [-0.3, -0.25) is 4.79 Å². The molecule has 0 aliphatic rings. The van der Waals surface area contributed by atoms with E-state index in [-0.39, 0.29) is 5.56 Å². The van der Waals surface area contributed by atoms with Crippen molar-refractivity contribution in [3.8, 4) is 6.07 Å². The molecule has 0 aliphatic heterocycles. The Balaban J connectivity index is 2.55. The summed E-state index contributed by atoms with van der Waals surface area (Å²) in [6, 6.07) is 8.76. The average Bonchev–Trinajstić information content (AvgIpc) is 2.43. The topological polar surface area (TPSA) is 58.1 Å². The molecule has 0 N–H and O–H groups in total. The molecule has 21 heavy (non-hydrogen) atoms. The number of pyridine rings is 1. The maximum Gasteiger partial charge on any atom is 0.289 e. The van der Waals surface area contributed by atoms with E-state index in [1.54, 1.807) is 38.1 Å². The van der Waals surface area contributed by atoms with Gasteiger partial charge >= 0.3 is 0 Å². The van der Waals surface area contributed by atoms with Gasteiger partial charge < -0.3 is 0 Å². The summed E-state index contributed by atoms with van der Waals surface area (Å²) in [6.07, 6.45) is 1.44. The van der Waals surface area contributed by atoms with E-state index >= 15 is 0 Å². The van der Waals surface area contributed by atoms with Crippen LogP contribution >= 0.6 is 23.2 Å². The van der Waals surface area contributed by atoms with Crippen LogP contribution in [0.2, 0.25) is 10.0 Å². The normalized spacial score (nSPS) is 10.8. The summed E-state index contributed by atoms with van der Waals surface area (Å²) in [7, 11) is 0. The molecule has 0 radical (unpaired) electrons. The maximum absolute atomic E-state index is 12.2. The molecule has 0 spiro atoms. The van der Waals surface area contributed by atoms with Gasteiger partial charge in [-0.2, -0.15) is 10.4 Å². The first-order valence-corrected chi connectivity index (χ1v) is 6.83. The van der Waals surface area contributed by atoms with E-state index in [1.165, 1.54) is 10.9 Å². The molecule has 0 bridgehead atoms. The highest BCUT2D eigenvalue weighted by Gasteiger charge is 2.09. The summed E-state index contributed by atoms with van der Waals surface area (Å²) in [4.78, 5) is 12.2. The number of rotatable bonds is 2. The number of aromatic nitrogens is 1. The third-order valence-electron chi connectivity index (χ3n) is 2.97. The van der Waals surface area contributed by atoms with Crippen LogP contribution in [0.25, 0.3) is 0 Å². The Labute approximate surface area is 131 Å². The van der Waals surface area contributed by atoms with Crippen molar-refractivity contribution >= 4 is 29.4 Å². The first kappa shape index (κ1) is 15.3. The minimum Gasteiger partial charge on any atom is -0.266 e. The summed E-state index contributed by atoms with van der Waals surface area (Å²) >= 11 is 12.0. The lowest BCUT2D eigenvalue weighted by Gasteiger charge is -2.06. The molecule has 1 heterocycles. The number of hydrogen-bond acceptors (Lipinski definition) is 3. The zero-order chi connectivity index (χ0) is 15.6. The van der Waals surface area contributed by atoms with Crippen LogP contribution in [0.3, 0.4) is 0 Å². The fourth-order valence-corrected chi connectivity index (χ4v) is 2.26. The Morgan fingerprint density at radius 3 is 2.71 bits per heavy atom. The third-order valence-corrected chi connectivity index (χ3v) is 3.80. The van der Waals surface area contributed by atoms with Gasteiger partial charge in [0.2, 0.25) is 0 Å². The monoisotopic (exact) mass is 319 g/mol. The van der Waals surface area contributed by atoms with E-state index in [9.17, 15) is 4.79 Å². The van der Waals surface area contributed by atoms with Crippen LogP contribution in [-0.4, -0.2) is 10.9 Å². The lowest BCUT2D eigenvalue weighted by atomic mass is 10.1. The summed E-state index contributed by atoms with van der Waals surface area (Å²) < 4.78 is 1.17. The molecule has 1 aromatic carbocycles. The van der Waals surface area contributed by atoms with E-state index in [0.717, 1.165) is 0 Å². The van der Waals surface area contributed by atoms with Crippen molar-refractivity contribution in [2.75, 3.05) is 0 Å². The summed E-state index contributed by atoms with van der Waals surface area (Å²) in [5, 5.41) is 13.9. The zero-order valence-corrected chi connectivity index (χ0v) is 12.9. The van der Waals surface area contributed by atoms with E-state index < -0.39 is 5.56 Å². The number of benzene rings is 1.